The van der Waals surface area contributed by atoms with Gasteiger partial charge in [-0.1, -0.05) is 23.4 Å². The van der Waals surface area contributed by atoms with Gasteiger partial charge in [0, 0.05) is 34.6 Å². The highest BCUT2D eigenvalue weighted by Gasteiger charge is 2.42. The summed E-state index contributed by atoms with van der Waals surface area (Å²) in [5.74, 6) is -2.43. The minimum absolute atomic E-state index is 0.0584. The maximum absolute atomic E-state index is 15.4. The van der Waals surface area contributed by atoms with Crippen molar-refractivity contribution >= 4 is 17.0 Å². The molecule has 1 unspecified atom stereocenters. The summed E-state index contributed by atoms with van der Waals surface area (Å²) >= 11 is 0. The zero-order valence-electron chi connectivity index (χ0n) is 20.3. The minimum Gasteiger partial charge on any atom is -0.478 e. The Morgan fingerprint density at radius 1 is 1.08 bits per heavy atom. The van der Waals surface area contributed by atoms with Crippen LogP contribution in [0, 0.1) is 19.7 Å². The number of rotatable bonds is 5. The van der Waals surface area contributed by atoms with E-state index in [1.807, 2.05) is 0 Å². The van der Waals surface area contributed by atoms with E-state index in [2.05, 4.69) is 15.1 Å². The fourth-order valence-electron chi connectivity index (χ4n) is 4.80. The highest BCUT2D eigenvalue weighted by atomic mass is 19.4. The Hall–Kier alpha value is -4.54. The quantitative estimate of drug-likeness (QED) is 0.253. The molecule has 1 aromatic carbocycles. The van der Waals surface area contributed by atoms with Crippen LogP contribution in [0.15, 0.2) is 59.4 Å². The van der Waals surface area contributed by atoms with Gasteiger partial charge in [0.05, 0.1) is 34.0 Å². The Morgan fingerprint density at radius 2 is 1.84 bits per heavy atom. The van der Waals surface area contributed by atoms with Crippen LogP contribution in [-0.4, -0.2) is 30.8 Å². The number of carboxylic acid groups (broad SMARTS) is 1. The predicted octanol–water partition coefficient (Wildman–Crippen LogP) is 6.84. The normalized spacial score (nSPS) is 12.7. The van der Waals surface area contributed by atoms with Gasteiger partial charge in [-0.15, -0.1) is 0 Å². The molecule has 1 atom stereocenters. The number of pyridine rings is 2. The summed E-state index contributed by atoms with van der Waals surface area (Å²) in [6.07, 6.45) is -2.13. The molecule has 194 valence electrons. The fourth-order valence-corrected chi connectivity index (χ4v) is 4.80. The Balaban J connectivity index is 1.94. The summed E-state index contributed by atoms with van der Waals surface area (Å²) in [5.41, 5.74) is -1.18. The maximum Gasteiger partial charge on any atom is 0.432 e. The molecule has 5 aromatic rings. The maximum atomic E-state index is 15.4. The van der Waals surface area contributed by atoms with E-state index in [0.717, 1.165) is 16.7 Å². The van der Waals surface area contributed by atoms with Crippen LogP contribution >= 0.6 is 0 Å². The van der Waals surface area contributed by atoms with Crippen LogP contribution in [0.5, 0.6) is 0 Å². The van der Waals surface area contributed by atoms with Gasteiger partial charge in [0.2, 0.25) is 0 Å². The third-order valence-corrected chi connectivity index (χ3v) is 6.43. The van der Waals surface area contributed by atoms with E-state index in [0.29, 0.717) is 28.3 Å². The van der Waals surface area contributed by atoms with Gasteiger partial charge in [-0.05, 0) is 45.0 Å². The monoisotopic (exact) mass is 524 g/mol. The zero-order chi connectivity index (χ0) is 27.4. The molecular weight excluding hydrogens is 504 g/mol. The van der Waals surface area contributed by atoms with Crippen molar-refractivity contribution in [2.45, 2.75) is 33.0 Å². The first-order chi connectivity index (χ1) is 18.0. The van der Waals surface area contributed by atoms with Crippen molar-refractivity contribution in [3.05, 3.63) is 89.1 Å². The summed E-state index contributed by atoms with van der Waals surface area (Å²) in [7, 11) is 0. The van der Waals surface area contributed by atoms with E-state index in [1.165, 1.54) is 24.5 Å². The van der Waals surface area contributed by atoms with Gasteiger partial charge in [-0.3, -0.25) is 9.97 Å². The molecule has 7 nitrogen and oxygen atoms in total. The van der Waals surface area contributed by atoms with Gasteiger partial charge < -0.3 is 14.2 Å². The zero-order valence-corrected chi connectivity index (χ0v) is 20.3. The molecular formula is C27H20F4N4O3. The van der Waals surface area contributed by atoms with Crippen LogP contribution in [0.1, 0.15) is 46.2 Å². The standard InChI is InChI=1S/C27H20F4N4O3/c1-13-21(15(3)38-34-13)16-11-20-24(33-12-16)22(17-7-6-8-18(23(17)28)26(36)37)25(27(29,30)31)35(20)14(2)19-9-4-5-10-32-19/h4-12,14H,1-3H3,(H,36,37). The molecule has 0 amide bonds. The second kappa shape index (κ2) is 9.09. The SMILES string of the molecule is Cc1noc(C)c1-c1cnc2c(-c3cccc(C(=O)O)c3F)c(C(F)(F)F)n(C(C)c3ccccn3)c2c1. The molecule has 0 saturated heterocycles. The van der Waals surface area contributed by atoms with Crippen molar-refractivity contribution in [3.8, 4) is 22.3 Å². The van der Waals surface area contributed by atoms with Crippen molar-refractivity contribution < 1.29 is 32.0 Å². The van der Waals surface area contributed by atoms with Gasteiger partial charge in [0.25, 0.3) is 0 Å². The van der Waals surface area contributed by atoms with Crippen molar-refractivity contribution in [1.82, 2.24) is 19.7 Å². The van der Waals surface area contributed by atoms with Gasteiger partial charge in [0.15, 0.2) is 0 Å². The third-order valence-electron chi connectivity index (χ3n) is 6.43. The Morgan fingerprint density at radius 3 is 2.45 bits per heavy atom. The molecule has 0 fully saturated rings. The number of alkyl halides is 3. The number of benzene rings is 1. The highest BCUT2D eigenvalue weighted by Crippen LogP contribution is 2.47. The number of aromatic nitrogens is 4. The summed E-state index contributed by atoms with van der Waals surface area (Å²) in [6.45, 7) is 4.92. The van der Waals surface area contributed by atoms with E-state index in [4.69, 9.17) is 4.52 Å². The molecule has 0 aliphatic heterocycles. The molecule has 0 spiro atoms. The predicted molar refractivity (Wildman–Crippen MR) is 130 cm³/mol. The molecule has 0 radical (unpaired) electrons. The van der Waals surface area contributed by atoms with Gasteiger partial charge >= 0.3 is 12.1 Å². The van der Waals surface area contributed by atoms with E-state index in [9.17, 15) is 23.1 Å². The lowest BCUT2D eigenvalue weighted by Crippen LogP contribution is -2.19. The summed E-state index contributed by atoms with van der Waals surface area (Å²) < 4.78 is 66.3. The Bertz CT molecular complexity index is 1670. The minimum atomic E-state index is -4.96. The number of nitrogens with zero attached hydrogens (tertiary/aromatic N) is 4. The largest absolute Gasteiger partial charge is 0.478 e. The third kappa shape index (κ3) is 4.00. The van der Waals surface area contributed by atoms with Crippen LogP contribution < -0.4 is 0 Å². The first-order valence-corrected chi connectivity index (χ1v) is 11.5. The molecule has 0 bridgehead atoms. The molecule has 1 N–H and O–H groups in total. The van der Waals surface area contributed by atoms with Crippen LogP contribution in [0.4, 0.5) is 17.6 Å². The second-order valence-corrected chi connectivity index (χ2v) is 8.79. The first kappa shape index (κ1) is 25.1. The van der Waals surface area contributed by atoms with Crippen LogP contribution in [0.25, 0.3) is 33.3 Å². The number of aromatic carboxylic acids is 1. The lowest BCUT2D eigenvalue weighted by atomic mass is 10.00. The first-order valence-electron chi connectivity index (χ1n) is 11.5. The molecule has 0 aliphatic rings. The summed E-state index contributed by atoms with van der Waals surface area (Å²) in [5, 5.41) is 13.3. The highest BCUT2D eigenvalue weighted by molar-refractivity contribution is 5.99. The van der Waals surface area contributed by atoms with Crippen LogP contribution in [0.2, 0.25) is 0 Å². The van der Waals surface area contributed by atoms with E-state index in [-0.39, 0.29) is 11.0 Å². The lowest BCUT2D eigenvalue weighted by Gasteiger charge is -2.21. The van der Waals surface area contributed by atoms with E-state index in [1.54, 1.807) is 39.0 Å². The Kier molecular flexibility index (Phi) is 6.01. The topological polar surface area (TPSA) is 94.0 Å². The van der Waals surface area contributed by atoms with Crippen molar-refractivity contribution in [3.63, 3.8) is 0 Å². The molecule has 0 saturated carbocycles. The fraction of sp³-hybridized carbons (Fsp3) is 0.185. The van der Waals surface area contributed by atoms with Crippen LogP contribution in [0.3, 0.4) is 0 Å². The lowest BCUT2D eigenvalue weighted by molar-refractivity contribution is -0.143. The number of hydrogen-bond acceptors (Lipinski definition) is 5. The summed E-state index contributed by atoms with van der Waals surface area (Å²) in [4.78, 5) is 20.2. The number of aryl methyl sites for hydroxylation is 2. The van der Waals surface area contributed by atoms with Gasteiger partial charge in [-0.25, -0.2) is 9.18 Å². The van der Waals surface area contributed by atoms with E-state index >= 15 is 4.39 Å². The second-order valence-electron chi connectivity index (χ2n) is 8.79. The van der Waals surface area contributed by atoms with Crippen LogP contribution in [-0.2, 0) is 6.18 Å². The smallest absolute Gasteiger partial charge is 0.432 e. The van der Waals surface area contributed by atoms with Crippen molar-refractivity contribution in [2.75, 3.05) is 0 Å². The molecule has 5 rings (SSSR count). The molecule has 11 heteroatoms. The van der Waals surface area contributed by atoms with Crippen molar-refractivity contribution in [2.24, 2.45) is 0 Å². The van der Waals surface area contributed by atoms with E-state index < -0.39 is 46.4 Å². The molecule has 0 aliphatic carbocycles. The average Bonchev–Trinajstić information content (AvgIpc) is 3.40. The molecule has 4 heterocycles. The summed E-state index contributed by atoms with van der Waals surface area (Å²) in [6, 6.07) is 8.77. The Labute approximate surface area is 213 Å². The number of hydrogen-bond donors (Lipinski definition) is 1. The number of carbonyl (C=O) groups is 1. The van der Waals surface area contributed by atoms with Gasteiger partial charge in [0.1, 0.15) is 17.3 Å². The average molecular weight is 524 g/mol. The van der Waals surface area contributed by atoms with Gasteiger partial charge in [-0.2, -0.15) is 13.2 Å². The number of fused-ring (bicyclic) bond motifs is 1. The number of halogens is 4. The molecule has 4 aromatic heterocycles. The number of carboxylic acids is 1. The molecule has 38 heavy (non-hydrogen) atoms. The van der Waals surface area contributed by atoms with Crippen molar-refractivity contribution in [1.29, 1.82) is 0 Å².